The maximum Gasteiger partial charge on any atom is 0.435 e. The van der Waals surface area contributed by atoms with Crippen molar-refractivity contribution >= 4 is 0 Å². The van der Waals surface area contributed by atoms with Crippen LogP contribution in [0.3, 0.4) is 0 Å². The van der Waals surface area contributed by atoms with Crippen LogP contribution in [0.25, 0.3) is 0 Å². The molecule has 0 aliphatic heterocycles. The van der Waals surface area contributed by atoms with E-state index in [4.69, 9.17) is 5.73 Å². The summed E-state index contributed by atoms with van der Waals surface area (Å²) in [5, 5.41) is 5.88. The molecule has 1 aromatic rings. The van der Waals surface area contributed by atoms with Crippen LogP contribution in [0, 0.1) is 11.8 Å². The molecule has 94 valence electrons. The van der Waals surface area contributed by atoms with Crippen molar-refractivity contribution in [1.29, 1.82) is 0 Å². The third-order valence-corrected chi connectivity index (χ3v) is 4.15. The monoisotopic (exact) mass is 245 g/mol. The van der Waals surface area contributed by atoms with E-state index in [2.05, 4.69) is 10.2 Å². The lowest BCUT2D eigenvalue weighted by Gasteiger charge is -2.25. The van der Waals surface area contributed by atoms with Crippen LogP contribution in [0.1, 0.15) is 36.6 Å². The molecule has 2 aliphatic rings. The van der Waals surface area contributed by atoms with Crippen molar-refractivity contribution in [3.05, 3.63) is 17.5 Å². The number of nitrogens with one attached hydrogen (secondary N) is 1. The Labute approximate surface area is 96.6 Å². The number of fused-ring (bicyclic) bond motifs is 2. The third-order valence-electron chi connectivity index (χ3n) is 4.15. The lowest BCUT2D eigenvalue weighted by molar-refractivity contribution is -0.141. The molecule has 3 nitrogen and oxygen atoms in total. The van der Waals surface area contributed by atoms with Crippen molar-refractivity contribution in [2.75, 3.05) is 0 Å². The molecule has 1 heterocycles. The molecule has 2 fully saturated rings. The first kappa shape index (κ1) is 11.1. The first-order valence-electron chi connectivity index (χ1n) is 5.83. The number of H-pyrrole nitrogens is 1. The van der Waals surface area contributed by atoms with E-state index in [0.29, 0.717) is 17.5 Å². The topological polar surface area (TPSA) is 54.7 Å². The summed E-state index contributed by atoms with van der Waals surface area (Å²) in [6.07, 6.45) is -1.36. The molecule has 2 aliphatic carbocycles. The van der Waals surface area contributed by atoms with Crippen molar-refractivity contribution in [2.45, 2.75) is 37.4 Å². The number of hydrogen-bond acceptors (Lipinski definition) is 2. The highest BCUT2D eigenvalue weighted by Crippen LogP contribution is 2.52. The average Bonchev–Trinajstić information content (AvgIpc) is 2.87. The summed E-state index contributed by atoms with van der Waals surface area (Å²) in [6, 6.07) is 1.27. The molecule has 6 heteroatoms. The van der Waals surface area contributed by atoms with Gasteiger partial charge < -0.3 is 5.73 Å². The zero-order chi connectivity index (χ0) is 12.2. The number of nitrogens with zero attached hydrogens (tertiary/aromatic N) is 1. The number of nitrogens with two attached hydrogens (primary N) is 1. The Balaban J connectivity index is 1.84. The van der Waals surface area contributed by atoms with Gasteiger partial charge in [0, 0.05) is 17.7 Å². The van der Waals surface area contributed by atoms with Gasteiger partial charge in [-0.05, 0) is 37.2 Å². The van der Waals surface area contributed by atoms with Gasteiger partial charge in [-0.2, -0.15) is 18.3 Å². The van der Waals surface area contributed by atoms with E-state index in [9.17, 15) is 13.2 Å². The number of hydrogen-bond donors (Lipinski definition) is 2. The summed E-state index contributed by atoms with van der Waals surface area (Å²) in [5.41, 5.74) is 5.75. The van der Waals surface area contributed by atoms with Gasteiger partial charge in [0.25, 0.3) is 0 Å². The van der Waals surface area contributed by atoms with Gasteiger partial charge in [0.05, 0.1) is 0 Å². The van der Waals surface area contributed by atoms with Crippen molar-refractivity contribution in [3.8, 4) is 0 Å². The third kappa shape index (κ3) is 1.74. The van der Waals surface area contributed by atoms with E-state index in [1.807, 2.05) is 0 Å². The molecule has 0 amide bonds. The van der Waals surface area contributed by atoms with Crippen LogP contribution in [0.15, 0.2) is 6.07 Å². The van der Waals surface area contributed by atoms with E-state index in [-0.39, 0.29) is 12.0 Å². The molecule has 0 aromatic carbocycles. The maximum absolute atomic E-state index is 12.4. The maximum atomic E-state index is 12.4. The first-order valence-corrected chi connectivity index (χ1v) is 5.83. The Morgan fingerprint density at radius 1 is 1.29 bits per heavy atom. The highest BCUT2D eigenvalue weighted by atomic mass is 19.4. The minimum atomic E-state index is -4.37. The molecular formula is C11H14F3N3. The number of rotatable bonds is 1. The Morgan fingerprint density at radius 3 is 2.59 bits per heavy atom. The van der Waals surface area contributed by atoms with Crippen LogP contribution < -0.4 is 5.73 Å². The SMILES string of the molecule is NC1CC2CC(c3cc(C(F)(F)F)n[nH]3)C1C2. The van der Waals surface area contributed by atoms with Gasteiger partial charge in [-0.25, -0.2) is 0 Å². The first-order chi connectivity index (χ1) is 7.95. The van der Waals surface area contributed by atoms with Gasteiger partial charge >= 0.3 is 6.18 Å². The van der Waals surface area contributed by atoms with E-state index in [1.165, 1.54) is 0 Å². The summed E-state index contributed by atoms with van der Waals surface area (Å²) in [5.74, 6) is 1.03. The molecule has 0 radical (unpaired) electrons. The van der Waals surface area contributed by atoms with Gasteiger partial charge in [0.15, 0.2) is 5.69 Å². The number of aromatic amines is 1. The Bertz CT molecular complexity index is 426. The van der Waals surface area contributed by atoms with Crippen LogP contribution in [0.4, 0.5) is 13.2 Å². The zero-order valence-corrected chi connectivity index (χ0v) is 9.17. The van der Waals surface area contributed by atoms with Crippen LogP contribution in [0.5, 0.6) is 0 Å². The predicted molar refractivity (Wildman–Crippen MR) is 55.1 cm³/mol. The summed E-state index contributed by atoms with van der Waals surface area (Å²) in [4.78, 5) is 0. The second-order valence-corrected chi connectivity index (χ2v) is 5.21. The summed E-state index contributed by atoms with van der Waals surface area (Å²) < 4.78 is 37.3. The molecule has 0 saturated heterocycles. The molecule has 4 atom stereocenters. The fraction of sp³-hybridized carbons (Fsp3) is 0.727. The van der Waals surface area contributed by atoms with Crippen LogP contribution in [-0.4, -0.2) is 16.2 Å². The highest BCUT2D eigenvalue weighted by molar-refractivity contribution is 5.20. The van der Waals surface area contributed by atoms with Crippen LogP contribution in [0.2, 0.25) is 0 Å². The molecule has 2 bridgehead atoms. The minimum absolute atomic E-state index is 0.132. The number of alkyl halides is 3. The fourth-order valence-corrected chi connectivity index (χ4v) is 3.43. The second kappa shape index (κ2) is 3.48. The lowest BCUT2D eigenvalue weighted by Crippen LogP contribution is -2.31. The van der Waals surface area contributed by atoms with Gasteiger partial charge in [-0.1, -0.05) is 0 Å². The molecule has 0 spiro atoms. The largest absolute Gasteiger partial charge is 0.435 e. The predicted octanol–water partition coefficient (Wildman–Crippen LogP) is 2.27. The highest BCUT2D eigenvalue weighted by Gasteiger charge is 2.46. The van der Waals surface area contributed by atoms with E-state index in [1.54, 1.807) is 0 Å². The minimum Gasteiger partial charge on any atom is -0.327 e. The van der Waals surface area contributed by atoms with Gasteiger partial charge in [-0.15, -0.1) is 0 Å². The quantitative estimate of drug-likeness (QED) is 0.797. The standard InChI is InChI=1S/C11H14F3N3/c12-11(13,14)10-4-9(16-17-10)7-2-5-1-6(7)8(15)3-5/h4-8H,1-3,15H2,(H,16,17). The molecule has 17 heavy (non-hydrogen) atoms. The normalized spacial score (nSPS) is 36.7. The lowest BCUT2D eigenvalue weighted by atomic mass is 9.83. The average molecular weight is 245 g/mol. The van der Waals surface area contributed by atoms with Crippen molar-refractivity contribution < 1.29 is 13.2 Å². The summed E-state index contributed by atoms with van der Waals surface area (Å²) in [6.45, 7) is 0. The van der Waals surface area contributed by atoms with E-state index < -0.39 is 11.9 Å². The molecule has 1 aromatic heterocycles. The van der Waals surface area contributed by atoms with E-state index >= 15 is 0 Å². The molecule has 4 unspecified atom stereocenters. The van der Waals surface area contributed by atoms with Crippen LogP contribution in [-0.2, 0) is 6.18 Å². The smallest absolute Gasteiger partial charge is 0.327 e. The number of aromatic nitrogens is 2. The van der Waals surface area contributed by atoms with Gasteiger partial charge in [0.2, 0.25) is 0 Å². The molecule has 3 rings (SSSR count). The number of halogens is 3. The van der Waals surface area contributed by atoms with Crippen molar-refractivity contribution in [3.63, 3.8) is 0 Å². The Kier molecular flexibility index (Phi) is 2.26. The van der Waals surface area contributed by atoms with Crippen molar-refractivity contribution in [1.82, 2.24) is 10.2 Å². The molecular weight excluding hydrogens is 231 g/mol. The van der Waals surface area contributed by atoms with Gasteiger partial charge in [-0.3, -0.25) is 5.10 Å². The summed E-state index contributed by atoms with van der Waals surface area (Å²) in [7, 11) is 0. The second-order valence-electron chi connectivity index (χ2n) is 5.21. The zero-order valence-electron chi connectivity index (χ0n) is 9.17. The van der Waals surface area contributed by atoms with Crippen LogP contribution >= 0.6 is 0 Å². The van der Waals surface area contributed by atoms with Gasteiger partial charge in [0.1, 0.15) is 0 Å². The Hall–Kier alpha value is -1.04. The van der Waals surface area contributed by atoms with Crippen molar-refractivity contribution in [2.24, 2.45) is 17.6 Å². The van der Waals surface area contributed by atoms with E-state index in [0.717, 1.165) is 25.3 Å². The Morgan fingerprint density at radius 2 is 2.06 bits per heavy atom. The summed E-state index contributed by atoms with van der Waals surface area (Å²) >= 11 is 0. The molecule has 2 saturated carbocycles. The molecule has 3 N–H and O–H groups in total. The fourth-order valence-electron chi connectivity index (χ4n) is 3.43.